The van der Waals surface area contributed by atoms with Gasteiger partial charge in [-0.05, 0) is 44.9 Å². The van der Waals surface area contributed by atoms with Crippen LogP contribution in [0.5, 0.6) is 5.75 Å². The van der Waals surface area contributed by atoms with Gasteiger partial charge in [0.25, 0.3) is 0 Å². The van der Waals surface area contributed by atoms with Crippen molar-refractivity contribution in [3.63, 3.8) is 0 Å². The summed E-state index contributed by atoms with van der Waals surface area (Å²) < 4.78 is 10.9. The highest BCUT2D eigenvalue weighted by atomic mass is 16.5. The maximum Gasteiger partial charge on any atom is 0.339 e. The van der Waals surface area contributed by atoms with Gasteiger partial charge in [0, 0.05) is 23.4 Å². The summed E-state index contributed by atoms with van der Waals surface area (Å²) in [7, 11) is 0. The molecule has 2 rings (SSSR count). The molecule has 0 fully saturated rings. The van der Waals surface area contributed by atoms with Crippen molar-refractivity contribution in [2.75, 3.05) is 0 Å². The van der Waals surface area contributed by atoms with E-state index in [1.165, 1.54) is 0 Å². The van der Waals surface area contributed by atoms with E-state index < -0.39 is 11.6 Å². The molecule has 0 aliphatic carbocycles. The predicted molar refractivity (Wildman–Crippen MR) is 78.9 cm³/mol. The molecule has 0 spiro atoms. The molecule has 5 heteroatoms. The van der Waals surface area contributed by atoms with Gasteiger partial charge in [-0.15, -0.1) is 0 Å². The maximum absolute atomic E-state index is 12.0. The summed E-state index contributed by atoms with van der Waals surface area (Å²) in [5, 5.41) is 9.54. The summed E-state index contributed by atoms with van der Waals surface area (Å²) in [6, 6.07) is 5.33. The fourth-order valence-electron chi connectivity index (χ4n) is 2.24. The van der Waals surface area contributed by atoms with Crippen molar-refractivity contribution < 1.29 is 19.1 Å². The molecule has 0 radical (unpaired) electrons. The summed E-state index contributed by atoms with van der Waals surface area (Å²) in [4.78, 5) is 22.7. The number of carboxylic acids is 1. The van der Waals surface area contributed by atoms with E-state index in [9.17, 15) is 9.59 Å². The lowest BCUT2D eigenvalue weighted by Crippen LogP contribution is -2.12. The Morgan fingerprint density at radius 2 is 2.10 bits per heavy atom. The predicted octanol–water partition coefficient (Wildman–Crippen LogP) is 2.91. The van der Waals surface area contributed by atoms with Crippen molar-refractivity contribution in [3.05, 3.63) is 39.7 Å². The largest absolute Gasteiger partial charge is 0.491 e. The van der Waals surface area contributed by atoms with E-state index >= 15 is 0 Å². The van der Waals surface area contributed by atoms with Gasteiger partial charge in [-0.25, -0.2) is 4.79 Å². The summed E-state index contributed by atoms with van der Waals surface area (Å²) in [5.74, 6) is -0.298. The van der Waals surface area contributed by atoms with Crippen LogP contribution < -0.4 is 10.4 Å². The van der Waals surface area contributed by atoms with Crippen LogP contribution in [-0.4, -0.2) is 17.2 Å². The van der Waals surface area contributed by atoms with Crippen molar-refractivity contribution in [1.29, 1.82) is 0 Å². The highest BCUT2D eigenvalue weighted by Crippen LogP contribution is 2.25. The fraction of sp³-hybridized carbons (Fsp3) is 0.375. The highest BCUT2D eigenvalue weighted by Gasteiger charge is 2.13. The molecule has 0 atom stereocenters. The average molecular weight is 290 g/mol. The first kappa shape index (κ1) is 15.1. The molecule has 1 aromatic carbocycles. The monoisotopic (exact) mass is 290 g/mol. The van der Waals surface area contributed by atoms with Gasteiger partial charge in [-0.1, -0.05) is 0 Å². The van der Waals surface area contributed by atoms with Crippen molar-refractivity contribution in [2.45, 2.75) is 39.7 Å². The quantitative estimate of drug-likeness (QED) is 0.857. The molecule has 0 unspecified atom stereocenters. The summed E-state index contributed by atoms with van der Waals surface area (Å²) in [6.45, 7) is 5.64. The third-order valence-electron chi connectivity index (χ3n) is 3.22. The van der Waals surface area contributed by atoms with E-state index in [1.54, 1.807) is 13.0 Å². The van der Waals surface area contributed by atoms with Gasteiger partial charge in [0.15, 0.2) is 0 Å². The zero-order valence-corrected chi connectivity index (χ0v) is 12.3. The molecule has 5 nitrogen and oxygen atoms in total. The molecular weight excluding hydrogens is 272 g/mol. The molecule has 0 amide bonds. The zero-order valence-electron chi connectivity index (χ0n) is 12.3. The number of fused-ring (bicyclic) bond motifs is 1. The van der Waals surface area contributed by atoms with Crippen LogP contribution in [0.1, 0.15) is 31.4 Å². The van der Waals surface area contributed by atoms with Gasteiger partial charge < -0.3 is 14.3 Å². The van der Waals surface area contributed by atoms with Crippen LogP contribution in [0.15, 0.2) is 27.4 Å². The minimum atomic E-state index is -0.936. The van der Waals surface area contributed by atoms with E-state index in [0.29, 0.717) is 16.9 Å². The number of hydrogen-bond acceptors (Lipinski definition) is 4. The van der Waals surface area contributed by atoms with Gasteiger partial charge in [0.05, 0.1) is 6.10 Å². The Bertz CT molecular complexity index is 727. The second-order valence-corrected chi connectivity index (χ2v) is 5.21. The van der Waals surface area contributed by atoms with Crippen molar-refractivity contribution in [3.8, 4) is 5.75 Å². The smallest absolute Gasteiger partial charge is 0.339 e. The first-order chi connectivity index (χ1) is 9.88. The average Bonchev–Trinajstić information content (AvgIpc) is 2.36. The second kappa shape index (κ2) is 5.99. The van der Waals surface area contributed by atoms with Gasteiger partial charge in [0.1, 0.15) is 11.3 Å². The fourth-order valence-corrected chi connectivity index (χ4v) is 2.24. The highest BCUT2D eigenvalue weighted by molar-refractivity contribution is 5.82. The van der Waals surface area contributed by atoms with E-state index in [-0.39, 0.29) is 18.9 Å². The first-order valence-electron chi connectivity index (χ1n) is 6.83. The van der Waals surface area contributed by atoms with E-state index in [2.05, 4.69) is 0 Å². The SMILES string of the molecule is Cc1c(CCC(=O)O)c(=O)oc2cc(OC(C)C)ccc12. The molecular formula is C16H18O5. The number of carboxylic acid groups (broad SMARTS) is 1. The summed E-state index contributed by atoms with van der Waals surface area (Å²) in [5.41, 5.74) is 1.15. The van der Waals surface area contributed by atoms with Crippen LogP contribution in [0.2, 0.25) is 0 Å². The van der Waals surface area contributed by atoms with Crippen molar-refractivity contribution in [2.24, 2.45) is 0 Å². The van der Waals surface area contributed by atoms with Crippen LogP contribution in [-0.2, 0) is 11.2 Å². The van der Waals surface area contributed by atoms with Crippen LogP contribution >= 0.6 is 0 Å². The number of rotatable bonds is 5. The van der Waals surface area contributed by atoms with E-state index in [1.807, 2.05) is 26.0 Å². The molecule has 0 saturated carbocycles. The lowest BCUT2D eigenvalue weighted by Gasteiger charge is -2.11. The first-order valence-corrected chi connectivity index (χ1v) is 6.83. The van der Waals surface area contributed by atoms with Crippen LogP contribution in [0.4, 0.5) is 0 Å². The van der Waals surface area contributed by atoms with Gasteiger partial charge >= 0.3 is 11.6 Å². The number of aliphatic carboxylic acids is 1. The molecule has 0 bridgehead atoms. The zero-order chi connectivity index (χ0) is 15.6. The second-order valence-electron chi connectivity index (χ2n) is 5.21. The Labute approximate surface area is 122 Å². The van der Waals surface area contributed by atoms with Crippen LogP contribution in [0.3, 0.4) is 0 Å². The number of carbonyl (C=O) groups is 1. The van der Waals surface area contributed by atoms with E-state index in [0.717, 1.165) is 10.9 Å². The molecule has 0 aliphatic rings. The van der Waals surface area contributed by atoms with Gasteiger partial charge in [0.2, 0.25) is 0 Å². The van der Waals surface area contributed by atoms with Gasteiger partial charge in [-0.2, -0.15) is 0 Å². The number of benzene rings is 1. The lowest BCUT2D eigenvalue weighted by molar-refractivity contribution is -0.136. The third kappa shape index (κ3) is 3.42. The van der Waals surface area contributed by atoms with Gasteiger partial charge in [-0.3, -0.25) is 4.79 Å². The molecule has 0 saturated heterocycles. The number of hydrogen-bond donors (Lipinski definition) is 1. The van der Waals surface area contributed by atoms with Crippen LogP contribution in [0, 0.1) is 6.92 Å². The topological polar surface area (TPSA) is 76.7 Å². The van der Waals surface area contributed by atoms with Crippen LogP contribution in [0.25, 0.3) is 11.0 Å². The standard InChI is InChI=1S/C16H18O5/c1-9(2)20-11-4-5-12-10(3)13(6-7-15(17)18)16(19)21-14(12)8-11/h4-5,8-9H,6-7H2,1-3H3,(H,17,18). The van der Waals surface area contributed by atoms with Crippen molar-refractivity contribution >= 4 is 16.9 Å². The Morgan fingerprint density at radius 3 is 2.71 bits per heavy atom. The normalized spacial score (nSPS) is 11.0. The third-order valence-corrected chi connectivity index (χ3v) is 3.22. The Kier molecular flexibility index (Phi) is 4.31. The number of ether oxygens (including phenoxy) is 1. The minimum absolute atomic E-state index is 0.0325. The molecule has 112 valence electrons. The molecule has 1 N–H and O–H groups in total. The number of aryl methyl sites for hydroxylation is 1. The Hall–Kier alpha value is -2.30. The maximum atomic E-state index is 12.0. The molecule has 0 aliphatic heterocycles. The summed E-state index contributed by atoms with van der Waals surface area (Å²) in [6.07, 6.45) is 0.111. The van der Waals surface area contributed by atoms with E-state index in [4.69, 9.17) is 14.3 Å². The van der Waals surface area contributed by atoms with Crippen molar-refractivity contribution in [1.82, 2.24) is 0 Å². The molecule has 1 aromatic heterocycles. The molecule has 1 heterocycles. The summed E-state index contributed by atoms with van der Waals surface area (Å²) >= 11 is 0. The molecule has 2 aromatic rings. The minimum Gasteiger partial charge on any atom is -0.491 e. The molecule has 21 heavy (non-hydrogen) atoms. The Morgan fingerprint density at radius 1 is 1.38 bits per heavy atom. The Balaban J connectivity index is 2.47. The lowest BCUT2D eigenvalue weighted by atomic mass is 10.0.